The summed E-state index contributed by atoms with van der Waals surface area (Å²) in [7, 11) is -4.20. The van der Waals surface area contributed by atoms with Gasteiger partial charge in [0.05, 0.1) is 24.9 Å². The quantitative estimate of drug-likeness (QED) is 0.245. The van der Waals surface area contributed by atoms with Crippen LogP contribution in [0.15, 0.2) is 42.0 Å². The molecule has 290 valence electrons. The fraction of sp³-hybridized carbons (Fsp3) is 0.707. The maximum atomic E-state index is 14.9. The summed E-state index contributed by atoms with van der Waals surface area (Å²) in [5.41, 5.74) is -0.452. The highest BCUT2D eigenvalue weighted by molar-refractivity contribution is 7.49. The Hall–Kier alpha value is -2.21. The van der Waals surface area contributed by atoms with Crippen LogP contribution in [0.5, 0.6) is 5.75 Å². The molecule has 5 fully saturated rings. The molecule has 1 aromatic rings. The lowest BCUT2D eigenvalue weighted by Crippen LogP contribution is -2.63. The third-order valence-electron chi connectivity index (χ3n) is 13.9. The molecule has 8 rings (SSSR count). The van der Waals surface area contributed by atoms with Gasteiger partial charge in [-0.3, -0.25) is 18.6 Å². The Bertz CT molecular complexity index is 1750. The van der Waals surface area contributed by atoms with Crippen molar-refractivity contribution in [2.45, 2.75) is 135 Å². The maximum Gasteiger partial charge on any atom is 0.530 e. The standard InChI is InChI=1S/C41H56NO10P/c1-38(2,3)42-21-32(45)25-11-14-33-26(17-25)22-48-53(47,52-33)49-23-34(46)41-35(50-37(51-41)24-9-7-6-8-10-24)19-30-29-13-12-27-18-28(43)15-16-39(27,4)36(29)31(44)20-40(30,41)5/h11,14-18,24,29-32,35-37,42,44-45H,6-10,12-13,19-23H2,1-5H3/t29-,30-,31-,32?,35+,36+,37+,39-,40-,41+,53?/m0/s1. The van der Waals surface area contributed by atoms with Crippen molar-refractivity contribution in [3.8, 4) is 5.75 Å². The van der Waals surface area contributed by atoms with Gasteiger partial charge in [-0.25, -0.2) is 4.57 Å². The van der Waals surface area contributed by atoms with Crippen LogP contribution in [0.3, 0.4) is 0 Å². The van der Waals surface area contributed by atoms with Gasteiger partial charge in [0.2, 0.25) is 0 Å². The lowest BCUT2D eigenvalue weighted by molar-refractivity contribution is -0.209. The van der Waals surface area contributed by atoms with E-state index in [1.807, 2.05) is 26.8 Å². The molecule has 2 aliphatic heterocycles. The number of β-amino-alcohol motifs (C(OH)–C–C–N with tert-alkyl or cyclic N) is 1. The third-order valence-corrected chi connectivity index (χ3v) is 15.3. The Morgan fingerprint density at radius 1 is 1.15 bits per heavy atom. The highest BCUT2D eigenvalue weighted by Gasteiger charge is 2.76. The van der Waals surface area contributed by atoms with Crippen LogP contribution in [0.4, 0.5) is 0 Å². The number of allylic oxidation sites excluding steroid dienone is 4. The van der Waals surface area contributed by atoms with E-state index in [0.717, 1.165) is 44.1 Å². The van der Waals surface area contributed by atoms with Crippen molar-refractivity contribution >= 4 is 19.4 Å². The first-order valence-corrected chi connectivity index (χ1v) is 21.1. The van der Waals surface area contributed by atoms with E-state index in [2.05, 4.69) is 19.2 Å². The summed E-state index contributed by atoms with van der Waals surface area (Å²) in [6.07, 6.45) is 10.5. The van der Waals surface area contributed by atoms with Crippen molar-refractivity contribution in [3.05, 3.63) is 53.1 Å². The second-order valence-electron chi connectivity index (χ2n) is 18.2. The van der Waals surface area contributed by atoms with Gasteiger partial charge in [-0.2, -0.15) is 0 Å². The van der Waals surface area contributed by atoms with Gasteiger partial charge < -0.3 is 29.5 Å². The number of hydrogen-bond donors (Lipinski definition) is 3. The minimum absolute atomic E-state index is 0.00905. The summed E-state index contributed by atoms with van der Waals surface area (Å²) < 4.78 is 45.0. The molecule has 4 saturated carbocycles. The van der Waals surface area contributed by atoms with Crippen molar-refractivity contribution in [2.75, 3.05) is 13.2 Å². The van der Waals surface area contributed by atoms with E-state index in [-0.39, 0.29) is 47.4 Å². The Morgan fingerprint density at radius 2 is 1.92 bits per heavy atom. The summed E-state index contributed by atoms with van der Waals surface area (Å²) in [5, 5.41) is 26.2. The fourth-order valence-corrected chi connectivity index (χ4v) is 12.5. The highest BCUT2D eigenvalue weighted by atomic mass is 31.2. The first-order chi connectivity index (χ1) is 25.1. The number of carbonyl (C=O) groups excluding carboxylic acids is 2. The molecule has 5 aliphatic carbocycles. The number of benzene rings is 1. The van der Waals surface area contributed by atoms with Gasteiger partial charge in [-0.05, 0) is 101 Å². The molecule has 11 nitrogen and oxygen atoms in total. The zero-order valence-electron chi connectivity index (χ0n) is 31.7. The van der Waals surface area contributed by atoms with Crippen molar-refractivity contribution in [3.63, 3.8) is 0 Å². The molecule has 0 radical (unpaired) electrons. The Morgan fingerprint density at radius 3 is 2.68 bits per heavy atom. The summed E-state index contributed by atoms with van der Waals surface area (Å²) in [4.78, 5) is 27.2. The lowest BCUT2D eigenvalue weighted by Gasteiger charge is -2.59. The number of aliphatic hydroxyl groups is 2. The summed E-state index contributed by atoms with van der Waals surface area (Å²) in [6, 6.07) is 5.14. The molecule has 3 N–H and O–H groups in total. The number of phosphoric ester groups is 1. The minimum Gasteiger partial charge on any atom is -0.404 e. The summed E-state index contributed by atoms with van der Waals surface area (Å²) in [5.74, 6) is 0.0673. The number of aliphatic hydroxyl groups excluding tert-OH is 2. The summed E-state index contributed by atoms with van der Waals surface area (Å²) >= 11 is 0. The molecule has 53 heavy (non-hydrogen) atoms. The number of Topliss-reactive ketones (excluding diaryl/α,β-unsaturated/α-hetero) is 1. The average molecular weight is 754 g/mol. The van der Waals surface area contributed by atoms with Crippen LogP contribution < -0.4 is 9.84 Å². The van der Waals surface area contributed by atoms with Crippen molar-refractivity contribution < 1.29 is 47.4 Å². The fourth-order valence-electron chi connectivity index (χ4n) is 11.3. The van der Waals surface area contributed by atoms with E-state index in [0.29, 0.717) is 36.3 Å². The van der Waals surface area contributed by atoms with Gasteiger partial charge in [0, 0.05) is 40.3 Å². The summed E-state index contributed by atoms with van der Waals surface area (Å²) in [6.45, 7) is 10.0. The zero-order chi connectivity index (χ0) is 37.6. The number of hydrogen-bond acceptors (Lipinski definition) is 11. The predicted molar refractivity (Wildman–Crippen MR) is 196 cm³/mol. The van der Waals surface area contributed by atoms with E-state index in [4.69, 9.17) is 23.0 Å². The number of carbonyl (C=O) groups is 2. The molecular weight excluding hydrogens is 697 g/mol. The predicted octanol–water partition coefficient (Wildman–Crippen LogP) is 6.66. The molecule has 0 bridgehead atoms. The normalized spacial score (nSPS) is 41.3. The maximum absolute atomic E-state index is 14.9. The molecule has 0 amide bonds. The van der Waals surface area contributed by atoms with Crippen molar-refractivity contribution in [1.29, 1.82) is 0 Å². The Labute approximate surface area is 312 Å². The number of rotatable bonds is 8. The molecule has 2 heterocycles. The molecule has 7 aliphatic rings. The van der Waals surface area contributed by atoms with E-state index < -0.39 is 55.5 Å². The zero-order valence-corrected chi connectivity index (χ0v) is 32.6. The number of ether oxygens (including phenoxy) is 2. The van der Waals surface area contributed by atoms with Gasteiger partial charge in [0.25, 0.3) is 0 Å². The van der Waals surface area contributed by atoms with Crippen LogP contribution in [-0.2, 0) is 39.3 Å². The SMILES string of the molecule is CC(C)(C)NCC(O)c1ccc2c(c1)COP(=O)(OCC(=O)[C@@]13O[C@H](C4CCCCC4)O[C@@H]1C[C@H]1[C@@H]4CCC5=CC(=O)C=C[C@]5(C)[C@H]4[C@@H](O)C[C@@]13C)O2. The van der Waals surface area contributed by atoms with Crippen LogP contribution in [-0.4, -0.2) is 64.6 Å². The van der Waals surface area contributed by atoms with Crippen LogP contribution in [0.2, 0.25) is 0 Å². The van der Waals surface area contributed by atoms with Gasteiger partial charge in [0.1, 0.15) is 12.4 Å². The molecule has 12 heteroatoms. The van der Waals surface area contributed by atoms with Crippen LogP contribution in [0.1, 0.15) is 110 Å². The average Bonchev–Trinajstić information content (AvgIpc) is 3.62. The van der Waals surface area contributed by atoms with E-state index in [1.54, 1.807) is 30.4 Å². The van der Waals surface area contributed by atoms with Gasteiger partial charge in [0.15, 0.2) is 23.5 Å². The molecule has 11 atom stereocenters. The number of nitrogens with one attached hydrogen (secondary N) is 1. The van der Waals surface area contributed by atoms with Crippen LogP contribution in [0.25, 0.3) is 0 Å². The van der Waals surface area contributed by atoms with E-state index >= 15 is 0 Å². The monoisotopic (exact) mass is 753 g/mol. The van der Waals surface area contributed by atoms with Crippen LogP contribution in [0, 0.1) is 34.5 Å². The minimum atomic E-state index is -4.20. The highest BCUT2D eigenvalue weighted by Crippen LogP contribution is 2.70. The second kappa shape index (κ2) is 13.5. The van der Waals surface area contributed by atoms with Gasteiger partial charge >= 0.3 is 7.82 Å². The number of ketones is 2. The van der Waals surface area contributed by atoms with Crippen molar-refractivity contribution in [2.24, 2.45) is 34.5 Å². The molecule has 0 spiro atoms. The molecule has 0 aromatic heterocycles. The number of fused-ring (bicyclic) bond motifs is 8. The van der Waals surface area contributed by atoms with Crippen LogP contribution >= 0.6 is 7.82 Å². The Kier molecular flexibility index (Phi) is 9.58. The topological polar surface area (TPSA) is 150 Å². The van der Waals surface area contributed by atoms with Gasteiger partial charge in [-0.15, -0.1) is 0 Å². The second-order valence-corrected chi connectivity index (χ2v) is 19.8. The largest absolute Gasteiger partial charge is 0.530 e. The third kappa shape index (κ3) is 6.35. The number of phosphoric acid groups is 1. The molecule has 1 aromatic carbocycles. The van der Waals surface area contributed by atoms with Gasteiger partial charge in [-0.1, -0.05) is 50.8 Å². The van der Waals surface area contributed by atoms with Crippen molar-refractivity contribution in [1.82, 2.24) is 5.32 Å². The Balaban J connectivity index is 1.03. The first kappa shape index (κ1) is 37.7. The van der Waals surface area contributed by atoms with E-state index in [1.165, 1.54) is 6.42 Å². The molecule has 2 unspecified atom stereocenters. The lowest BCUT2D eigenvalue weighted by atomic mass is 9.46. The van der Waals surface area contributed by atoms with E-state index in [9.17, 15) is 24.4 Å². The smallest absolute Gasteiger partial charge is 0.404 e. The molecular formula is C41H56NO10P. The first-order valence-electron chi connectivity index (χ1n) is 19.7. The molecule has 1 saturated heterocycles.